The molecular weight excluding hydrogens is 380 g/mol. The van der Waals surface area contributed by atoms with E-state index in [4.69, 9.17) is 10.5 Å². The number of hydrogen-bond donors (Lipinski definition) is 2. The van der Waals surface area contributed by atoms with Gasteiger partial charge >= 0.3 is 5.97 Å². The van der Waals surface area contributed by atoms with Crippen LogP contribution in [0.1, 0.15) is 18.4 Å². The average molecular weight is 399 g/mol. The molecule has 1 aromatic rings. The second-order valence-corrected chi connectivity index (χ2v) is 7.28. The summed E-state index contributed by atoms with van der Waals surface area (Å²) in [5.74, 6) is -4.04. The van der Waals surface area contributed by atoms with Crippen LogP contribution < -0.4 is 11.1 Å². The normalized spacial score (nSPS) is 25.1. The van der Waals surface area contributed by atoms with Crippen molar-refractivity contribution in [2.75, 3.05) is 20.2 Å². The van der Waals surface area contributed by atoms with Crippen molar-refractivity contribution in [2.45, 2.75) is 31.4 Å². The third-order valence-corrected chi connectivity index (χ3v) is 5.21. The van der Waals surface area contributed by atoms with Crippen molar-refractivity contribution in [1.29, 1.82) is 0 Å². The van der Waals surface area contributed by atoms with E-state index in [9.17, 15) is 18.4 Å². The molecule has 8 nitrogen and oxygen atoms in total. The van der Waals surface area contributed by atoms with E-state index >= 15 is 0 Å². The van der Waals surface area contributed by atoms with E-state index in [0.29, 0.717) is 16.5 Å². The fourth-order valence-electron chi connectivity index (χ4n) is 3.26. The van der Waals surface area contributed by atoms with Gasteiger partial charge in [0.15, 0.2) is 10.8 Å². The highest BCUT2D eigenvalue weighted by Gasteiger charge is 2.48. The number of primary amides is 1. The van der Waals surface area contributed by atoms with Gasteiger partial charge in [0, 0.05) is 30.2 Å². The predicted octanol–water partition coefficient (Wildman–Crippen LogP) is 0.503. The van der Waals surface area contributed by atoms with E-state index in [0.717, 1.165) is 0 Å². The van der Waals surface area contributed by atoms with Crippen LogP contribution >= 0.6 is 11.3 Å². The third-order valence-electron chi connectivity index (χ3n) is 4.43. The minimum atomic E-state index is -3.03. The zero-order valence-electron chi connectivity index (χ0n) is 14.7. The summed E-state index contributed by atoms with van der Waals surface area (Å²) in [6.07, 6.45) is 0.963. The van der Waals surface area contributed by atoms with Crippen molar-refractivity contribution in [2.24, 2.45) is 10.7 Å². The van der Waals surface area contributed by atoms with E-state index in [1.165, 1.54) is 23.3 Å². The molecular formula is C16H19F2N5O3S. The first kappa shape index (κ1) is 19.4. The van der Waals surface area contributed by atoms with Crippen molar-refractivity contribution >= 4 is 29.0 Å². The average Bonchev–Trinajstić information content (AvgIpc) is 3.21. The van der Waals surface area contributed by atoms with Crippen molar-refractivity contribution in [1.82, 2.24) is 15.2 Å². The highest BCUT2D eigenvalue weighted by Crippen LogP contribution is 2.33. The van der Waals surface area contributed by atoms with E-state index < -0.39 is 42.8 Å². The fourth-order valence-corrected chi connectivity index (χ4v) is 3.85. The Balaban J connectivity index is 1.93. The van der Waals surface area contributed by atoms with Crippen LogP contribution in [-0.2, 0) is 14.3 Å². The number of likely N-dealkylation sites (tertiary alicyclic amines) is 1. The number of amides is 1. The number of ether oxygens (including phenoxy) is 1. The Labute approximate surface area is 158 Å². The summed E-state index contributed by atoms with van der Waals surface area (Å²) in [6, 6.07) is -1.69. The minimum Gasteiger partial charge on any atom is -0.466 e. The number of aromatic nitrogens is 1. The summed E-state index contributed by atoms with van der Waals surface area (Å²) < 4.78 is 32.5. The molecule has 2 aliphatic rings. The zero-order chi connectivity index (χ0) is 19.8. The number of methoxy groups -OCH3 is 1. The van der Waals surface area contributed by atoms with Gasteiger partial charge in [-0.25, -0.2) is 18.6 Å². The molecule has 2 aliphatic heterocycles. The molecule has 3 heterocycles. The van der Waals surface area contributed by atoms with Gasteiger partial charge in [-0.05, 0) is 6.92 Å². The molecule has 0 aliphatic carbocycles. The molecule has 1 amide bonds. The summed E-state index contributed by atoms with van der Waals surface area (Å²) in [6.45, 7) is 0.978. The van der Waals surface area contributed by atoms with E-state index in [-0.39, 0.29) is 12.1 Å². The lowest BCUT2D eigenvalue weighted by Gasteiger charge is -2.29. The molecule has 0 spiro atoms. The standard InChI is InChI=1S/C16H19F2N5O3S/c1-8-11(15(25)26-2)9(22-13(21-8)14-20-3-4-27-14)6-23-7-16(17,18)5-10(23)12(19)24/h3-4,8,10H,5-7H2,1-2H3,(H2,19,24)(H,21,22)/t8-,10?/m1/s1. The first-order valence-corrected chi connectivity index (χ1v) is 9.07. The Bertz CT molecular complexity index is 809. The van der Waals surface area contributed by atoms with E-state index in [1.54, 1.807) is 18.5 Å². The number of rotatable bonds is 5. The maximum atomic E-state index is 13.8. The van der Waals surface area contributed by atoms with Gasteiger partial charge in [-0.1, -0.05) is 0 Å². The molecule has 0 bridgehead atoms. The van der Waals surface area contributed by atoms with Crippen molar-refractivity contribution in [3.8, 4) is 0 Å². The Morgan fingerprint density at radius 1 is 1.52 bits per heavy atom. The van der Waals surface area contributed by atoms with Gasteiger partial charge in [-0.3, -0.25) is 14.7 Å². The maximum absolute atomic E-state index is 13.8. The number of nitrogens with two attached hydrogens (primary N) is 1. The molecule has 3 rings (SSSR count). The molecule has 0 saturated carbocycles. The number of thiazole rings is 1. The van der Waals surface area contributed by atoms with Crippen molar-refractivity contribution < 1.29 is 23.1 Å². The number of carbonyl (C=O) groups excluding carboxylic acids is 2. The van der Waals surface area contributed by atoms with Crippen LogP contribution in [0.2, 0.25) is 0 Å². The van der Waals surface area contributed by atoms with Gasteiger partial charge in [-0.2, -0.15) is 0 Å². The first-order chi connectivity index (χ1) is 12.7. The number of alkyl halides is 2. The Morgan fingerprint density at radius 3 is 2.85 bits per heavy atom. The van der Waals surface area contributed by atoms with Gasteiger partial charge in [-0.15, -0.1) is 11.3 Å². The number of halogens is 2. The van der Waals surface area contributed by atoms with Gasteiger partial charge in [0.2, 0.25) is 5.91 Å². The van der Waals surface area contributed by atoms with Gasteiger partial charge < -0.3 is 15.8 Å². The minimum absolute atomic E-state index is 0.0949. The topological polar surface area (TPSA) is 110 Å². The van der Waals surface area contributed by atoms with Crippen LogP contribution in [0, 0.1) is 0 Å². The molecule has 1 saturated heterocycles. The lowest BCUT2D eigenvalue weighted by molar-refractivity contribution is -0.136. The SMILES string of the molecule is COC(=O)C1=C(CN2CC(F)(F)CC2C(N)=O)NC(c2nccs2)=N[C@@H]1C. The molecule has 27 heavy (non-hydrogen) atoms. The Kier molecular flexibility index (Phi) is 5.24. The second kappa shape index (κ2) is 7.31. The van der Waals surface area contributed by atoms with Crippen LogP contribution in [-0.4, -0.2) is 65.8 Å². The summed E-state index contributed by atoms with van der Waals surface area (Å²) in [5, 5.41) is 5.37. The lowest BCUT2D eigenvalue weighted by Crippen LogP contribution is -2.45. The van der Waals surface area contributed by atoms with Crippen molar-refractivity contribution in [3.05, 3.63) is 27.9 Å². The molecule has 1 fully saturated rings. The van der Waals surface area contributed by atoms with Crippen LogP contribution in [0.15, 0.2) is 27.8 Å². The fraction of sp³-hybridized carbons (Fsp3) is 0.500. The van der Waals surface area contributed by atoms with E-state index in [2.05, 4.69) is 15.3 Å². The summed E-state index contributed by atoms with van der Waals surface area (Å²) in [5.41, 5.74) is 5.86. The van der Waals surface area contributed by atoms with Gasteiger partial charge in [0.25, 0.3) is 5.92 Å². The smallest absolute Gasteiger partial charge is 0.337 e. The highest BCUT2D eigenvalue weighted by molar-refractivity contribution is 7.11. The monoisotopic (exact) mass is 399 g/mol. The van der Waals surface area contributed by atoms with Crippen LogP contribution in [0.4, 0.5) is 8.78 Å². The van der Waals surface area contributed by atoms with Crippen LogP contribution in [0.5, 0.6) is 0 Å². The molecule has 2 atom stereocenters. The molecule has 11 heteroatoms. The second-order valence-electron chi connectivity index (χ2n) is 6.38. The number of esters is 1. The molecule has 1 aromatic heterocycles. The van der Waals surface area contributed by atoms with Crippen molar-refractivity contribution in [3.63, 3.8) is 0 Å². The van der Waals surface area contributed by atoms with E-state index in [1.807, 2.05) is 0 Å². The molecule has 0 aromatic carbocycles. The van der Waals surface area contributed by atoms with Crippen LogP contribution in [0.25, 0.3) is 0 Å². The summed E-state index contributed by atoms with van der Waals surface area (Å²) >= 11 is 1.35. The number of carbonyl (C=O) groups is 2. The molecule has 1 unspecified atom stereocenters. The third kappa shape index (κ3) is 3.98. The van der Waals surface area contributed by atoms with Crippen LogP contribution in [0.3, 0.4) is 0 Å². The van der Waals surface area contributed by atoms with Gasteiger partial charge in [0.1, 0.15) is 0 Å². The molecule has 146 valence electrons. The largest absolute Gasteiger partial charge is 0.466 e. The maximum Gasteiger partial charge on any atom is 0.337 e. The Morgan fingerprint density at radius 2 is 2.26 bits per heavy atom. The molecule has 3 N–H and O–H groups in total. The quantitative estimate of drug-likeness (QED) is 0.698. The number of amidine groups is 1. The number of aliphatic imine (C=N–C) groups is 1. The predicted molar refractivity (Wildman–Crippen MR) is 94.4 cm³/mol. The first-order valence-electron chi connectivity index (χ1n) is 8.19. The lowest BCUT2D eigenvalue weighted by atomic mass is 10.0. The zero-order valence-corrected chi connectivity index (χ0v) is 15.6. The number of nitrogens with one attached hydrogen (secondary N) is 1. The summed E-state index contributed by atoms with van der Waals surface area (Å²) in [4.78, 5) is 33.7. The Hall–Kier alpha value is -2.40. The molecule has 0 radical (unpaired) electrons. The number of hydrogen-bond acceptors (Lipinski definition) is 8. The summed E-state index contributed by atoms with van der Waals surface area (Å²) in [7, 11) is 1.23. The van der Waals surface area contributed by atoms with Gasteiger partial charge in [0.05, 0.1) is 31.3 Å². The number of nitrogens with zero attached hydrogens (tertiary/aromatic N) is 3. The highest BCUT2D eigenvalue weighted by atomic mass is 32.1.